The third kappa shape index (κ3) is 4.74. The molecule has 30 heavy (non-hydrogen) atoms. The average Bonchev–Trinajstić information content (AvgIpc) is 2.79. The van der Waals surface area contributed by atoms with Gasteiger partial charge in [0, 0.05) is 11.8 Å². The number of nitrogens with zero attached hydrogens (tertiary/aromatic N) is 1. The predicted octanol–water partition coefficient (Wildman–Crippen LogP) is 3.37. The van der Waals surface area contributed by atoms with Gasteiger partial charge in [-0.25, -0.2) is 4.79 Å². The van der Waals surface area contributed by atoms with E-state index in [9.17, 15) is 9.59 Å². The van der Waals surface area contributed by atoms with Crippen molar-refractivity contribution in [2.24, 2.45) is 0 Å². The number of anilines is 1. The Hall–Kier alpha value is -3.06. The fourth-order valence-corrected chi connectivity index (χ4v) is 4.01. The Balaban J connectivity index is 1.27. The third-order valence-corrected chi connectivity index (χ3v) is 5.76. The Labute approximate surface area is 176 Å². The first-order valence-corrected chi connectivity index (χ1v) is 10.4. The minimum absolute atomic E-state index is 0.303. The standard InChI is InChI=1S/C23H27N3O4/c1-16(26-11-9-18(10-12-26)17-5-3-2-4-6-17)22(27)25-23(28)24-19-7-8-20-21(15-19)30-14-13-29-20/h2-8,15-16,18H,9-14H2,1H3,(H2,24,25,27,28)/t16-/m0/s1. The summed E-state index contributed by atoms with van der Waals surface area (Å²) in [6, 6.07) is 14.7. The molecule has 0 spiro atoms. The van der Waals surface area contributed by atoms with Gasteiger partial charge in [0.2, 0.25) is 5.91 Å². The van der Waals surface area contributed by atoms with Gasteiger partial charge in [0.25, 0.3) is 0 Å². The van der Waals surface area contributed by atoms with E-state index in [-0.39, 0.29) is 11.9 Å². The number of benzene rings is 2. The van der Waals surface area contributed by atoms with Crippen LogP contribution < -0.4 is 20.1 Å². The molecule has 2 aliphatic rings. The topological polar surface area (TPSA) is 79.9 Å². The number of nitrogens with one attached hydrogen (secondary N) is 2. The van der Waals surface area contributed by atoms with Gasteiger partial charge in [-0.15, -0.1) is 0 Å². The fourth-order valence-electron chi connectivity index (χ4n) is 4.01. The molecule has 0 aromatic heterocycles. The van der Waals surface area contributed by atoms with Crippen molar-refractivity contribution < 1.29 is 19.1 Å². The zero-order chi connectivity index (χ0) is 20.9. The summed E-state index contributed by atoms with van der Waals surface area (Å²) >= 11 is 0. The Morgan fingerprint density at radius 1 is 1.00 bits per heavy atom. The molecule has 1 saturated heterocycles. The second-order valence-corrected chi connectivity index (χ2v) is 7.70. The molecule has 2 aliphatic heterocycles. The molecule has 7 heteroatoms. The van der Waals surface area contributed by atoms with Gasteiger partial charge in [0.05, 0.1) is 6.04 Å². The van der Waals surface area contributed by atoms with Crippen LogP contribution in [0.4, 0.5) is 10.5 Å². The highest BCUT2D eigenvalue weighted by Gasteiger charge is 2.28. The Morgan fingerprint density at radius 2 is 1.70 bits per heavy atom. The molecule has 1 fully saturated rings. The van der Waals surface area contributed by atoms with E-state index in [0.717, 1.165) is 25.9 Å². The van der Waals surface area contributed by atoms with Gasteiger partial charge in [-0.05, 0) is 56.5 Å². The first-order chi connectivity index (χ1) is 14.6. The lowest BCUT2D eigenvalue weighted by atomic mass is 9.89. The number of ether oxygens (including phenoxy) is 2. The molecule has 4 rings (SSSR count). The molecule has 158 valence electrons. The quantitative estimate of drug-likeness (QED) is 0.809. The monoisotopic (exact) mass is 409 g/mol. The van der Waals surface area contributed by atoms with Gasteiger partial charge in [-0.3, -0.25) is 15.0 Å². The molecular weight excluding hydrogens is 382 g/mol. The van der Waals surface area contributed by atoms with Crippen LogP contribution in [0.25, 0.3) is 0 Å². The number of fused-ring (bicyclic) bond motifs is 1. The van der Waals surface area contributed by atoms with Crippen LogP contribution in [0.15, 0.2) is 48.5 Å². The van der Waals surface area contributed by atoms with Gasteiger partial charge in [-0.1, -0.05) is 30.3 Å². The van der Waals surface area contributed by atoms with Crippen molar-refractivity contribution in [1.29, 1.82) is 0 Å². The van der Waals surface area contributed by atoms with E-state index >= 15 is 0 Å². The van der Waals surface area contributed by atoms with E-state index in [4.69, 9.17) is 9.47 Å². The second-order valence-electron chi connectivity index (χ2n) is 7.70. The number of carbonyl (C=O) groups is 2. The number of piperidine rings is 1. The number of imide groups is 1. The van der Waals surface area contributed by atoms with E-state index in [2.05, 4.69) is 39.8 Å². The number of likely N-dealkylation sites (tertiary alicyclic amines) is 1. The van der Waals surface area contributed by atoms with Crippen LogP contribution in [0.3, 0.4) is 0 Å². The van der Waals surface area contributed by atoms with Gasteiger partial charge in [0.15, 0.2) is 11.5 Å². The SMILES string of the molecule is C[C@@H](C(=O)NC(=O)Nc1ccc2c(c1)OCCO2)N1CCC(c2ccccc2)CC1. The summed E-state index contributed by atoms with van der Waals surface area (Å²) < 4.78 is 11.0. The Kier molecular flexibility index (Phi) is 6.18. The van der Waals surface area contributed by atoms with Crippen LogP contribution >= 0.6 is 0 Å². The first-order valence-electron chi connectivity index (χ1n) is 10.4. The first kappa shape index (κ1) is 20.2. The van der Waals surface area contributed by atoms with Crippen LogP contribution in [0.1, 0.15) is 31.2 Å². The lowest BCUT2D eigenvalue weighted by molar-refractivity contribution is -0.125. The third-order valence-electron chi connectivity index (χ3n) is 5.76. The van der Waals surface area contributed by atoms with E-state index < -0.39 is 6.03 Å². The van der Waals surface area contributed by atoms with Crippen LogP contribution in [-0.4, -0.2) is 49.2 Å². The van der Waals surface area contributed by atoms with Crippen LogP contribution in [0.5, 0.6) is 11.5 Å². The van der Waals surface area contributed by atoms with Crippen molar-refractivity contribution in [1.82, 2.24) is 10.2 Å². The summed E-state index contributed by atoms with van der Waals surface area (Å²) in [5.74, 6) is 1.45. The number of carbonyl (C=O) groups excluding carboxylic acids is 2. The molecular formula is C23H27N3O4. The summed E-state index contributed by atoms with van der Waals surface area (Å²) in [4.78, 5) is 27.0. The molecule has 2 N–H and O–H groups in total. The number of hydrogen-bond acceptors (Lipinski definition) is 5. The fraction of sp³-hybridized carbons (Fsp3) is 0.391. The van der Waals surface area contributed by atoms with Gasteiger partial charge < -0.3 is 14.8 Å². The van der Waals surface area contributed by atoms with Crippen LogP contribution in [0, 0.1) is 0 Å². The molecule has 0 bridgehead atoms. The molecule has 0 aliphatic carbocycles. The highest BCUT2D eigenvalue weighted by Crippen LogP contribution is 2.32. The van der Waals surface area contributed by atoms with Crippen molar-refractivity contribution in [2.45, 2.75) is 31.7 Å². The second kappa shape index (κ2) is 9.17. The summed E-state index contributed by atoms with van der Waals surface area (Å²) in [6.07, 6.45) is 2.01. The van der Waals surface area contributed by atoms with Crippen molar-refractivity contribution in [3.63, 3.8) is 0 Å². The van der Waals surface area contributed by atoms with Crippen molar-refractivity contribution in [3.05, 3.63) is 54.1 Å². The Bertz CT molecular complexity index is 895. The van der Waals surface area contributed by atoms with Crippen molar-refractivity contribution >= 4 is 17.6 Å². The van der Waals surface area contributed by atoms with E-state index in [1.54, 1.807) is 18.2 Å². The Morgan fingerprint density at radius 3 is 2.43 bits per heavy atom. The molecule has 1 atom stereocenters. The van der Waals surface area contributed by atoms with Crippen molar-refractivity contribution in [2.75, 3.05) is 31.6 Å². The summed E-state index contributed by atoms with van der Waals surface area (Å²) in [5.41, 5.74) is 1.90. The maximum absolute atomic E-state index is 12.6. The number of urea groups is 1. The average molecular weight is 409 g/mol. The molecule has 0 radical (unpaired) electrons. The molecule has 2 aromatic rings. The molecule has 2 aromatic carbocycles. The zero-order valence-electron chi connectivity index (χ0n) is 17.1. The molecule has 2 heterocycles. The maximum Gasteiger partial charge on any atom is 0.325 e. The minimum Gasteiger partial charge on any atom is -0.486 e. The molecule has 3 amide bonds. The van der Waals surface area contributed by atoms with E-state index in [0.29, 0.717) is 36.3 Å². The number of rotatable bonds is 4. The van der Waals surface area contributed by atoms with E-state index in [1.807, 2.05) is 13.0 Å². The van der Waals surface area contributed by atoms with Crippen LogP contribution in [0.2, 0.25) is 0 Å². The maximum atomic E-state index is 12.6. The normalized spacial score (nSPS) is 17.8. The zero-order valence-corrected chi connectivity index (χ0v) is 17.1. The van der Waals surface area contributed by atoms with Gasteiger partial charge in [-0.2, -0.15) is 0 Å². The lowest BCUT2D eigenvalue weighted by Gasteiger charge is -2.35. The summed E-state index contributed by atoms with van der Waals surface area (Å²) in [5, 5.41) is 5.13. The van der Waals surface area contributed by atoms with Crippen LogP contribution in [-0.2, 0) is 4.79 Å². The lowest BCUT2D eigenvalue weighted by Crippen LogP contribution is -2.50. The highest BCUT2D eigenvalue weighted by molar-refractivity contribution is 6.02. The van der Waals surface area contributed by atoms with Crippen molar-refractivity contribution in [3.8, 4) is 11.5 Å². The summed E-state index contributed by atoms with van der Waals surface area (Å²) in [6.45, 7) is 4.49. The molecule has 0 unspecified atom stereocenters. The summed E-state index contributed by atoms with van der Waals surface area (Å²) in [7, 11) is 0. The molecule has 7 nitrogen and oxygen atoms in total. The minimum atomic E-state index is -0.553. The smallest absolute Gasteiger partial charge is 0.325 e. The predicted molar refractivity (Wildman–Crippen MR) is 114 cm³/mol. The number of hydrogen-bond donors (Lipinski definition) is 2. The van der Waals surface area contributed by atoms with E-state index in [1.165, 1.54) is 5.56 Å². The highest BCUT2D eigenvalue weighted by atomic mass is 16.6. The number of amides is 3. The largest absolute Gasteiger partial charge is 0.486 e. The van der Waals surface area contributed by atoms with Gasteiger partial charge in [0.1, 0.15) is 13.2 Å². The van der Waals surface area contributed by atoms with Gasteiger partial charge >= 0.3 is 6.03 Å². The molecule has 0 saturated carbocycles.